The number of hydrogen-bond donors (Lipinski definition) is 1. The SMILES string of the molecule is O=C(NC1CCCCCC1Br)c1ccc(Cl)c(Cl)c1. The Morgan fingerprint density at radius 3 is 2.63 bits per heavy atom. The van der Waals surface area contributed by atoms with E-state index in [2.05, 4.69) is 21.2 Å². The Morgan fingerprint density at radius 1 is 1.16 bits per heavy atom. The van der Waals surface area contributed by atoms with Gasteiger partial charge in [0, 0.05) is 16.4 Å². The van der Waals surface area contributed by atoms with Crippen LogP contribution >= 0.6 is 39.1 Å². The van der Waals surface area contributed by atoms with Crippen LogP contribution in [0.1, 0.15) is 42.5 Å². The summed E-state index contributed by atoms with van der Waals surface area (Å²) in [6.45, 7) is 0. The molecule has 2 unspecified atom stereocenters. The van der Waals surface area contributed by atoms with E-state index >= 15 is 0 Å². The molecule has 1 amide bonds. The van der Waals surface area contributed by atoms with Gasteiger partial charge in [0.15, 0.2) is 0 Å². The molecule has 0 spiro atoms. The van der Waals surface area contributed by atoms with Gasteiger partial charge >= 0.3 is 0 Å². The molecule has 5 heteroatoms. The van der Waals surface area contributed by atoms with E-state index in [0.717, 1.165) is 19.3 Å². The Hall–Kier alpha value is -0.250. The average Bonchev–Trinajstić information content (AvgIpc) is 2.58. The van der Waals surface area contributed by atoms with Crippen molar-refractivity contribution < 1.29 is 4.79 Å². The van der Waals surface area contributed by atoms with Crippen LogP contribution in [0.15, 0.2) is 18.2 Å². The monoisotopic (exact) mass is 363 g/mol. The van der Waals surface area contributed by atoms with Crippen molar-refractivity contribution in [3.63, 3.8) is 0 Å². The first-order valence-electron chi connectivity index (χ1n) is 6.48. The molecule has 0 saturated heterocycles. The summed E-state index contributed by atoms with van der Waals surface area (Å²) in [5.41, 5.74) is 0.554. The Bertz CT molecular complexity index is 467. The summed E-state index contributed by atoms with van der Waals surface area (Å²) >= 11 is 15.5. The molecule has 1 saturated carbocycles. The van der Waals surface area contributed by atoms with E-state index < -0.39 is 0 Å². The maximum Gasteiger partial charge on any atom is 0.251 e. The first-order valence-corrected chi connectivity index (χ1v) is 8.15. The summed E-state index contributed by atoms with van der Waals surface area (Å²) in [5, 5.41) is 3.96. The van der Waals surface area contributed by atoms with Crippen molar-refractivity contribution >= 4 is 45.0 Å². The molecule has 0 aliphatic heterocycles. The van der Waals surface area contributed by atoms with Crippen LogP contribution in [-0.2, 0) is 0 Å². The minimum Gasteiger partial charge on any atom is -0.348 e. The molecule has 0 aromatic heterocycles. The third-order valence-corrected chi connectivity index (χ3v) is 5.26. The molecule has 2 nitrogen and oxygen atoms in total. The van der Waals surface area contributed by atoms with Gasteiger partial charge in [-0.25, -0.2) is 0 Å². The van der Waals surface area contributed by atoms with E-state index in [4.69, 9.17) is 23.2 Å². The number of benzene rings is 1. The minimum atomic E-state index is -0.0880. The molecule has 1 fully saturated rings. The standard InChI is InChI=1S/C14H16BrCl2NO/c15-10-4-2-1-3-5-13(10)18-14(19)9-6-7-11(16)12(17)8-9/h6-8,10,13H,1-5H2,(H,18,19). The Balaban J connectivity index is 2.05. The van der Waals surface area contributed by atoms with E-state index in [1.165, 1.54) is 12.8 Å². The lowest BCUT2D eigenvalue weighted by atomic mass is 10.1. The first kappa shape index (κ1) is 15.1. The first-order chi connectivity index (χ1) is 9.08. The largest absolute Gasteiger partial charge is 0.348 e. The number of rotatable bonds is 2. The van der Waals surface area contributed by atoms with Gasteiger partial charge in [-0.05, 0) is 31.0 Å². The van der Waals surface area contributed by atoms with E-state index in [9.17, 15) is 4.79 Å². The summed E-state index contributed by atoms with van der Waals surface area (Å²) in [7, 11) is 0. The van der Waals surface area contributed by atoms with E-state index in [1.54, 1.807) is 18.2 Å². The lowest BCUT2D eigenvalue weighted by molar-refractivity contribution is 0.0935. The Morgan fingerprint density at radius 2 is 1.89 bits per heavy atom. The quantitative estimate of drug-likeness (QED) is 0.591. The molecule has 19 heavy (non-hydrogen) atoms. The molecule has 0 bridgehead atoms. The van der Waals surface area contributed by atoms with Gasteiger partial charge in [0.2, 0.25) is 0 Å². The fourth-order valence-electron chi connectivity index (χ4n) is 2.31. The second kappa shape index (κ2) is 6.96. The number of nitrogens with one attached hydrogen (secondary N) is 1. The van der Waals surface area contributed by atoms with Gasteiger partial charge in [0.25, 0.3) is 5.91 Å². The number of alkyl halides is 1. The molecule has 0 heterocycles. The lowest BCUT2D eigenvalue weighted by Crippen LogP contribution is -2.40. The highest BCUT2D eigenvalue weighted by Gasteiger charge is 2.23. The Kier molecular flexibility index (Phi) is 5.55. The molecule has 1 aromatic carbocycles. The van der Waals surface area contributed by atoms with E-state index in [-0.39, 0.29) is 11.9 Å². The van der Waals surface area contributed by atoms with Gasteiger partial charge in [0.1, 0.15) is 0 Å². The number of hydrogen-bond acceptors (Lipinski definition) is 1. The fourth-order valence-corrected chi connectivity index (χ4v) is 3.33. The number of carbonyl (C=O) groups is 1. The maximum atomic E-state index is 12.2. The van der Waals surface area contributed by atoms with Gasteiger partial charge in [-0.3, -0.25) is 4.79 Å². The van der Waals surface area contributed by atoms with Gasteiger partial charge < -0.3 is 5.32 Å². The zero-order valence-electron chi connectivity index (χ0n) is 10.5. The highest BCUT2D eigenvalue weighted by Crippen LogP contribution is 2.25. The topological polar surface area (TPSA) is 29.1 Å². The van der Waals surface area contributed by atoms with Crippen LogP contribution in [0.3, 0.4) is 0 Å². The van der Waals surface area contributed by atoms with Crippen molar-refractivity contribution in [1.29, 1.82) is 0 Å². The molecule has 104 valence electrons. The normalized spacial score (nSPS) is 23.7. The minimum absolute atomic E-state index is 0.0880. The van der Waals surface area contributed by atoms with E-state index in [1.807, 2.05) is 0 Å². The molecule has 1 N–H and O–H groups in total. The molecular formula is C14H16BrCl2NO. The number of carbonyl (C=O) groups excluding carboxylic acids is 1. The maximum absolute atomic E-state index is 12.2. The summed E-state index contributed by atoms with van der Waals surface area (Å²) in [6, 6.07) is 5.14. The van der Waals surface area contributed by atoms with E-state index in [0.29, 0.717) is 20.4 Å². The van der Waals surface area contributed by atoms with Crippen molar-refractivity contribution in [2.75, 3.05) is 0 Å². The van der Waals surface area contributed by atoms with Crippen LogP contribution in [-0.4, -0.2) is 16.8 Å². The molecule has 2 rings (SSSR count). The van der Waals surface area contributed by atoms with Crippen LogP contribution in [0.25, 0.3) is 0 Å². The zero-order chi connectivity index (χ0) is 13.8. The molecule has 1 aromatic rings. The number of halogens is 3. The lowest BCUT2D eigenvalue weighted by Gasteiger charge is -2.21. The highest BCUT2D eigenvalue weighted by molar-refractivity contribution is 9.09. The van der Waals surface area contributed by atoms with Crippen molar-refractivity contribution in [3.8, 4) is 0 Å². The Labute approximate surface area is 132 Å². The molecule has 1 aliphatic carbocycles. The van der Waals surface area contributed by atoms with Crippen molar-refractivity contribution in [2.24, 2.45) is 0 Å². The van der Waals surface area contributed by atoms with Crippen LogP contribution in [0.4, 0.5) is 0 Å². The van der Waals surface area contributed by atoms with Crippen LogP contribution in [0.5, 0.6) is 0 Å². The zero-order valence-corrected chi connectivity index (χ0v) is 13.6. The average molecular weight is 365 g/mol. The number of amides is 1. The fraction of sp³-hybridized carbons (Fsp3) is 0.500. The second-order valence-corrected chi connectivity index (χ2v) is 6.85. The molecule has 2 atom stereocenters. The second-order valence-electron chi connectivity index (χ2n) is 4.86. The van der Waals surface area contributed by atoms with Crippen molar-refractivity contribution in [3.05, 3.63) is 33.8 Å². The molecule has 1 aliphatic rings. The van der Waals surface area contributed by atoms with Crippen LogP contribution in [0.2, 0.25) is 10.0 Å². The van der Waals surface area contributed by atoms with Gasteiger partial charge in [-0.15, -0.1) is 0 Å². The van der Waals surface area contributed by atoms with Gasteiger partial charge in [-0.1, -0.05) is 58.4 Å². The predicted octanol–water partition coefficient (Wildman–Crippen LogP) is 4.82. The predicted molar refractivity (Wildman–Crippen MR) is 83.5 cm³/mol. The van der Waals surface area contributed by atoms with Crippen LogP contribution < -0.4 is 5.32 Å². The van der Waals surface area contributed by atoms with Crippen molar-refractivity contribution in [2.45, 2.75) is 43.0 Å². The molecular weight excluding hydrogens is 349 g/mol. The molecule has 0 radical (unpaired) electrons. The summed E-state index contributed by atoms with van der Waals surface area (Å²) in [6.07, 6.45) is 5.74. The summed E-state index contributed by atoms with van der Waals surface area (Å²) in [5.74, 6) is -0.0880. The highest BCUT2D eigenvalue weighted by atomic mass is 79.9. The smallest absolute Gasteiger partial charge is 0.251 e. The van der Waals surface area contributed by atoms with Gasteiger partial charge in [0.05, 0.1) is 10.0 Å². The third-order valence-electron chi connectivity index (χ3n) is 3.43. The summed E-state index contributed by atoms with van der Waals surface area (Å²) in [4.78, 5) is 12.5. The summed E-state index contributed by atoms with van der Waals surface area (Å²) < 4.78 is 0. The van der Waals surface area contributed by atoms with Crippen LogP contribution in [0, 0.1) is 0 Å². The third kappa shape index (κ3) is 4.11. The van der Waals surface area contributed by atoms with Gasteiger partial charge in [-0.2, -0.15) is 0 Å². The van der Waals surface area contributed by atoms with Crippen molar-refractivity contribution in [1.82, 2.24) is 5.32 Å².